The van der Waals surface area contributed by atoms with Gasteiger partial charge >= 0.3 is 0 Å². The highest BCUT2D eigenvalue weighted by Crippen LogP contribution is 2.27. The number of hydrogen-bond donors (Lipinski definition) is 1. The quantitative estimate of drug-likeness (QED) is 0.859. The Balaban J connectivity index is 2.48. The van der Waals surface area contributed by atoms with E-state index in [1.165, 1.54) is 11.5 Å². The molecule has 1 aliphatic heterocycles. The van der Waals surface area contributed by atoms with E-state index in [2.05, 4.69) is 15.9 Å². The summed E-state index contributed by atoms with van der Waals surface area (Å²) in [5, 5.41) is 1.09. The lowest BCUT2D eigenvalue weighted by molar-refractivity contribution is 0.610. The third kappa shape index (κ3) is 1.98. The third-order valence-electron chi connectivity index (χ3n) is 2.09. The van der Waals surface area contributed by atoms with Gasteiger partial charge in [0, 0.05) is 9.88 Å². The second kappa shape index (κ2) is 3.50. The maximum atomic E-state index is 11.3. The Bertz CT molecular complexity index is 556. The first-order valence-corrected chi connectivity index (χ1v) is 6.53. The van der Waals surface area contributed by atoms with Crippen LogP contribution in [0.5, 0.6) is 0 Å². The van der Waals surface area contributed by atoms with Crippen LogP contribution in [0.15, 0.2) is 45.3 Å². The molecule has 2 N–H and O–H groups in total. The Kier molecular flexibility index (Phi) is 2.44. The summed E-state index contributed by atoms with van der Waals surface area (Å²) < 4.78 is 23.6. The zero-order valence-corrected chi connectivity index (χ0v) is 10.0. The summed E-state index contributed by atoms with van der Waals surface area (Å²) in [7, 11) is -3.37. The van der Waals surface area contributed by atoms with Gasteiger partial charge in [0.05, 0.1) is 0 Å². The van der Waals surface area contributed by atoms with Crippen LogP contribution in [-0.4, -0.2) is 8.42 Å². The first-order valence-electron chi connectivity index (χ1n) is 4.19. The zero-order chi connectivity index (χ0) is 11.1. The van der Waals surface area contributed by atoms with Crippen LogP contribution >= 0.6 is 15.9 Å². The number of benzene rings is 1. The summed E-state index contributed by atoms with van der Waals surface area (Å²) in [6.07, 6.45) is 1.47. The molecule has 1 aromatic rings. The number of nitrogens with two attached hydrogens (primary N) is 1. The van der Waals surface area contributed by atoms with E-state index in [1.54, 1.807) is 0 Å². The van der Waals surface area contributed by atoms with Crippen LogP contribution in [0.1, 0.15) is 5.56 Å². The van der Waals surface area contributed by atoms with Crippen LogP contribution < -0.4 is 5.73 Å². The summed E-state index contributed by atoms with van der Waals surface area (Å²) in [6.45, 7) is 0. The van der Waals surface area contributed by atoms with Gasteiger partial charge in [0.15, 0.2) is 0 Å². The van der Waals surface area contributed by atoms with Crippen molar-refractivity contribution in [3.05, 3.63) is 50.8 Å². The average Bonchev–Trinajstić information content (AvgIpc) is 2.42. The molecule has 0 fully saturated rings. The molecular formula is C10H8BrNO2S. The van der Waals surface area contributed by atoms with E-state index in [-0.39, 0.29) is 5.03 Å². The second-order valence-electron chi connectivity index (χ2n) is 3.17. The summed E-state index contributed by atoms with van der Waals surface area (Å²) in [5.41, 5.74) is 6.84. The van der Waals surface area contributed by atoms with E-state index < -0.39 is 9.84 Å². The molecule has 0 radical (unpaired) electrons. The van der Waals surface area contributed by atoms with Crippen LogP contribution in [-0.2, 0) is 9.84 Å². The van der Waals surface area contributed by atoms with E-state index in [1.807, 2.05) is 24.3 Å². The van der Waals surface area contributed by atoms with Crippen molar-refractivity contribution < 1.29 is 8.42 Å². The van der Waals surface area contributed by atoms with Gasteiger partial charge in [0.25, 0.3) is 0 Å². The van der Waals surface area contributed by atoms with Crippen LogP contribution in [0, 0.1) is 0 Å². The zero-order valence-electron chi connectivity index (χ0n) is 7.64. The van der Waals surface area contributed by atoms with Crippen LogP contribution in [0.4, 0.5) is 0 Å². The van der Waals surface area contributed by atoms with Crippen LogP contribution in [0.25, 0.3) is 5.57 Å². The number of allylic oxidation sites excluding steroid dienone is 2. The number of sulfone groups is 1. The lowest BCUT2D eigenvalue weighted by Crippen LogP contribution is -2.04. The van der Waals surface area contributed by atoms with Crippen molar-refractivity contribution in [2.24, 2.45) is 5.73 Å². The summed E-state index contributed by atoms with van der Waals surface area (Å²) >= 11 is 3.31. The van der Waals surface area contributed by atoms with Crippen molar-refractivity contribution in [3.8, 4) is 0 Å². The molecule has 5 heteroatoms. The third-order valence-corrected chi connectivity index (χ3v) is 3.95. The van der Waals surface area contributed by atoms with Crippen molar-refractivity contribution in [2.45, 2.75) is 0 Å². The van der Waals surface area contributed by atoms with Crippen molar-refractivity contribution in [2.75, 3.05) is 0 Å². The fourth-order valence-corrected chi connectivity index (χ4v) is 2.53. The van der Waals surface area contributed by atoms with Gasteiger partial charge < -0.3 is 5.73 Å². The highest BCUT2D eigenvalue weighted by Gasteiger charge is 2.20. The van der Waals surface area contributed by atoms with Gasteiger partial charge in [-0.2, -0.15) is 0 Å². The predicted molar refractivity (Wildman–Crippen MR) is 63.3 cm³/mol. The lowest BCUT2D eigenvalue weighted by atomic mass is 10.1. The lowest BCUT2D eigenvalue weighted by Gasteiger charge is -1.97. The summed E-state index contributed by atoms with van der Waals surface area (Å²) in [5.74, 6) is 0. The molecule has 0 bridgehead atoms. The molecule has 1 heterocycles. The van der Waals surface area contributed by atoms with E-state index in [4.69, 9.17) is 5.73 Å². The summed E-state index contributed by atoms with van der Waals surface area (Å²) in [4.78, 5) is 0. The molecule has 1 aromatic carbocycles. The average molecular weight is 286 g/mol. The molecule has 2 rings (SSSR count). The van der Waals surface area contributed by atoms with E-state index in [0.717, 1.165) is 10.0 Å². The molecule has 0 saturated heterocycles. The van der Waals surface area contributed by atoms with Gasteiger partial charge in [-0.05, 0) is 29.3 Å². The van der Waals surface area contributed by atoms with Gasteiger partial charge in [0.2, 0.25) is 9.84 Å². The monoisotopic (exact) mass is 285 g/mol. The highest BCUT2D eigenvalue weighted by molar-refractivity contribution is 9.10. The fourth-order valence-electron chi connectivity index (χ4n) is 1.30. The minimum atomic E-state index is -3.37. The Morgan fingerprint density at radius 1 is 1.13 bits per heavy atom. The van der Waals surface area contributed by atoms with Gasteiger partial charge in [0.1, 0.15) is 5.03 Å². The van der Waals surface area contributed by atoms with Crippen molar-refractivity contribution in [1.82, 2.24) is 0 Å². The highest BCUT2D eigenvalue weighted by atomic mass is 79.9. The van der Waals surface area contributed by atoms with E-state index in [9.17, 15) is 8.42 Å². The largest absolute Gasteiger partial charge is 0.389 e. The number of hydrogen-bond acceptors (Lipinski definition) is 3. The Morgan fingerprint density at radius 2 is 1.73 bits per heavy atom. The minimum absolute atomic E-state index is 0.0968. The summed E-state index contributed by atoms with van der Waals surface area (Å²) in [6, 6.07) is 7.37. The van der Waals surface area contributed by atoms with E-state index >= 15 is 0 Å². The van der Waals surface area contributed by atoms with Crippen molar-refractivity contribution >= 4 is 31.3 Å². The number of rotatable bonds is 1. The molecular weight excluding hydrogens is 278 g/mol. The molecule has 0 atom stereocenters. The molecule has 0 aromatic heterocycles. The molecule has 0 spiro atoms. The molecule has 15 heavy (non-hydrogen) atoms. The minimum Gasteiger partial charge on any atom is -0.389 e. The standard InChI is InChI=1S/C10H8BrNO2S/c11-9-3-1-7(2-4-9)8-5-10(12)15(13,14)6-8/h1-6H,12H2. The SMILES string of the molecule is NC1=CC(c2ccc(Br)cc2)=CS1(=O)=O. The van der Waals surface area contributed by atoms with Gasteiger partial charge in [-0.3, -0.25) is 0 Å². The molecule has 0 aliphatic carbocycles. The molecule has 0 amide bonds. The van der Waals surface area contributed by atoms with Gasteiger partial charge in [-0.1, -0.05) is 28.1 Å². The van der Waals surface area contributed by atoms with E-state index in [0.29, 0.717) is 5.57 Å². The molecule has 1 aliphatic rings. The topological polar surface area (TPSA) is 60.2 Å². The molecule has 78 valence electrons. The Labute approximate surface area is 96.3 Å². The number of halogens is 1. The van der Waals surface area contributed by atoms with Gasteiger partial charge in [-0.15, -0.1) is 0 Å². The maximum Gasteiger partial charge on any atom is 0.215 e. The maximum absolute atomic E-state index is 11.3. The first kappa shape index (κ1) is 10.4. The normalized spacial score (nSPS) is 18.5. The molecule has 3 nitrogen and oxygen atoms in total. The van der Waals surface area contributed by atoms with Crippen LogP contribution in [0.2, 0.25) is 0 Å². The Morgan fingerprint density at radius 3 is 2.20 bits per heavy atom. The predicted octanol–water partition coefficient (Wildman–Crippen LogP) is 2.02. The molecule has 0 saturated carbocycles. The first-order chi connectivity index (χ1) is 6.99. The van der Waals surface area contributed by atoms with Crippen LogP contribution in [0.3, 0.4) is 0 Å². The second-order valence-corrected chi connectivity index (χ2v) is 5.88. The molecule has 0 unspecified atom stereocenters. The van der Waals surface area contributed by atoms with Gasteiger partial charge in [-0.25, -0.2) is 8.42 Å². The van der Waals surface area contributed by atoms with Crippen molar-refractivity contribution in [1.29, 1.82) is 0 Å². The smallest absolute Gasteiger partial charge is 0.215 e. The Hall–Kier alpha value is -1.07. The fraction of sp³-hybridized carbons (Fsp3) is 0. The van der Waals surface area contributed by atoms with Crippen molar-refractivity contribution in [3.63, 3.8) is 0 Å².